The van der Waals surface area contributed by atoms with Crippen molar-refractivity contribution in [2.45, 2.75) is 32.7 Å². The lowest BCUT2D eigenvalue weighted by Crippen LogP contribution is -2.45. The third kappa shape index (κ3) is 4.66. The van der Waals surface area contributed by atoms with Crippen LogP contribution in [-0.4, -0.2) is 19.8 Å². The number of hydrogen-bond donors (Lipinski definition) is 1. The average molecular weight is 260 g/mol. The van der Waals surface area contributed by atoms with Crippen LogP contribution in [0.4, 0.5) is 0 Å². The lowest BCUT2D eigenvalue weighted by atomic mass is 9.92. The number of nitriles is 1. The van der Waals surface area contributed by atoms with Gasteiger partial charge in [-0.15, -0.1) is 0 Å². The smallest absolute Gasteiger partial charge is 0.155 e. The molecule has 19 heavy (non-hydrogen) atoms. The molecule has 0 spiro atoms. The SMILES string of the molecule is CCNC(C#N)(COCCC(C)C)c1ccccc1. The average Bonchev–Trinajstić information content (AvgIpc) is 2.43. The summed E-state index contributed by atoms with van der Waals surface area (Å²) in [5.41, 5.74) is 0.219. The summed E-state index contributed by atoms with van der Waals surface area (Å²) in [5, 5.41) is 12.8. The number of rotatable bonds is 8. The van der Waals surface area contributed by atoms with Crippen molar-refractivity contribution in [3.63, 3.8) is 0 Å². The van der Waals surface area contributed by atoms with Crippen LogP contribution in [-0.2, 0) is 10.3 Å². The van der Waals surface area contributed by atoms with E-state index in [4.69, 9.17) is 4.74 Å². The number of likely N-dealkylation sites (N-methyl/N-ethyl adjacent to an activating group) is 1. The summed E-state index contributed by atoms with van der Waals surface area (Å²) in [5.74, 6) is 0.618. The van der Waals surface area contributed by atoms with Crippen LogP contribution in [0.5, 0.6) is 0 Å². The molecule has 1 unspecified atom stereocenters. The summed E-state index contributed by atoms with van der Waals surface area (Å²) in [7, 11) is 0. The van der Waals surface area contributed by atoms with E-state index >= 15 is 0 Å². The zero-order chi connectivity index (χ0) is 14.1. The molecule has 0 radical (unpaired) electrons. The van der Waals surface area contributed by atoms with Gasteiger partial charge in [0.1, 0.15) is 0 Å². The highest BCUT2D eigenvalue weighted by Crippen LogP contribution is 2.21. The molecule has 1 N–H and O–H groups in total. The van der Waals surface area contributed by atoms with Crippen molar-refractivity contribution >= 4 is 0 Å². The molecule has 0 aliphatic rings. The second kappa shape index (κ2) is 7.93. The molecule has 0 saturated carbocycles. The van der Waals surface area contributed by atoms with Crippen molar-refractivity contribution in [3.8, 4) is 6.07 Å². The van der Waals surface area contributed by atoms with E-state index in [2.05, 4.69) is 25.2 Å². The van der Waals surface area contributed by atoms with E-state index in [9.17, 15) is 5.26 Å². The Morgan fingerprint density at radius 2 is 2.00 bits per heavy atom. The minimum absolute atomic E-state index is 0.383. The zero-order valence-electron chi connectivity index (χ0n) is 12.1. The van der Waals surface area contributed by atoms with Gasteiger partial charge in [0.15, 0.2) is 5.54 Å². The molecular weight excluding hydrogens is 236 g/mol. The second-order valence-corrected chi connectivity index (χ2v) is 5.15. The van der Waals surface area contributed by atoms with Crippen molar-refractivity contribution in [2.75, 3.05) is 19.8 Å². The number of hydrogen-bond acceptors (Lipinski definition) is 3. The molecule has 1 atom stereocenters. The van der Waals surface area contributed by atoms with E-state index in [1.165, 1.54) is 0 Å². The van der Waals surface area contributed by atoms with Gasteiger partial charge in [-0.2, -0.15) is 5.26 Å². The van der Waals surface area contributed by atoms with Gasteiger partial charge in [0, 0.05) is 6.61 Å². The summed E-state index contributed by atoms with van der Waals surface area (Å²) in [6, 6.07) is 12.2. The third-order valence-electron chi connectivity index (χ3n) is 3.09. The fourth-order valence-electron chi connectivity index (χ4n) is 1.94. The largest absolute Gasteiger partial charge is 0.378 e. The van der Waals surface area contributed by atoms with Crippen LogP contribution in [0.3, 0.4) is 0 Å². The molecule has 0 amide bonds. The van der Waals surface area contributed by atoms with E-state index in [1.54, 1.807) is 0 Å². The van der Waals surface area contributed by atoms with E-state index in [1.807, 2.05) is 37.3 Å². The number of benzene rings is 1. The summed E-state index contributed by atoms with van der Waals surface area (Å²) in [6.07, 6.45) is 1.02. The van der Waals surface area contributed by atoms with Crippen molar-refractivity contribution in [2.24, 2.45) is 5.92 Å². The molecular formula is C16H24N2O. The minimum Gasteiger partial charge on any atom is -0.378 e. The van der Waals surface area contributed by atoms with Gasteiger partial charge in [0.05, 0.1) is 12.7 Å². The predicted molar refractivity (Wildman–Crippen MR) is 77.7 cm³/mol. The van der Waals surface area contributed by atoms with Crippen LogP contribution in [0, 0.1) is 17.2 Å². The van der Waals surface area contributed by atoms with Crippen LogP contribution in [0.1, 0.15) is 32.8 Å². The fraction of sp³-hybridized carbons (Fsp3) is 0.562. The molecule has 1 aromatic carbocycles. The fourth-order valence-corrected chi connectivity index (χ4v) is 1.94. The first-order valence-electron chi connectivity index (χ1n) is 6.94. The van der Waals surface area contributed by atoms with Crippen molar-refractivity contribution in [1.82, 2.24) is 5.32 Å². The van der Waals surface area contributed by atoms with Gasteiger partial charge in [0.25, 0.3) is 0 Å². The van der Waals surface area contributed by atoms with Gasteiger partial charge in [-0.3, -0.25) is 5.32 Å². The molecule has 0 bridgehead atoms. The van der Waals surface area contributed by atoms with Gasteiger partial charge in [-0.1, -0.05) is 51.1 Å². The Balaban J connectivity index is 2.74. The maximum atomic E-state index is 9.58. The molecule has 3 heteroatoms. The highest BCUT2D eigenvalue weighted by molar-refractivity contribution is 5.31. The van der Waals surface area contributed by atoms with E-state index in [0.717, 1.165) is 18.5 Å². The Bertz CT molecular complexity index is 397. The lowest BCUT2D eigenvalue weighted by molar-refractivity contribution is 0.0817. The van der Waals surface area contributed by atoms with Gasteiger partial charge in [-0.05, 0) is 24.4 Å². The van der Waals surface area contributed by atoms with Gasteiger partial charge in [0.2, 0.25) is 0 Å². The first-order valence-corrected chi connectivity index (χ1v) is 6.94. The lowest BCUT2D eigenvalue weighted by Gasteiger charge is -2.28. The summed E-state index contributed by atoms with van der Waals surface area (Å²) in [6.45, 7) is 8.15. The summed E-state index contributed by atoms with van der Waals surface area (Å²) >= 11 is 0. The molecule has 0 aliphatic carbocycles. The van der Waals surface area contributed by atoms with Crippen molar-refractivity contribution < 1.29 is 4.74 Å². The molecule has 0 aliphatic heterocycles. The standard InChI is InChI=1S/C16H24N2O/c1-4-18-16(12-17,13-19-11-10-14(2)3)15-8-6-5-7-9-15/h5-9,14,18H,4,10-11,13H2,1-3H3. The number of nitrogens with one attached hydrogen (secondary N) is 1. The van der Waals surface area contributed by atoms with Crippen LogP contribution >= 0.6 is 0 Å². The van der Waals surface area contributed by atoms with Crippen molar-refractivity contribution in [3.05, 3.63) is 35.9 Å². The molecule has 0 heterocycles. The molecule has 0 saturated heterocycles. The summed E-state index contributed by atoms with van der Waals surface area (Å²) < 4.78 is 5.72. The van der Waals surface area contributed by atoms with Gasteiger partial charge >= 0.3 is 0 Å². The van der Waals surface area contributed by atoms with Crippen LogP contribution in [0.25, 0.3) is 0 Å². The Kier molecular flexibility index (Phi) is 6.55. The Labute approximate surface area is 116 Å². The Hall–Kier alpha value is -1.37. The molecule has 104 valence electrons. The number of ether oxygens (including phenoxy) is 1. The zero-order valence-corrected chi connectivity index (χ0v) is 12.1. The van der Waals surface area contributed by atoms with Crippen LogP contribution < -0.4 is 5.32 Å². The topological polar surface area (TPSA) is 45.0 Å². The van der Waals surface area contributed by atoms with Crippen molar-refractivity contribution in [1.29, 1.82) is 5.26 Å². The number of nitrogens with zero attached hydrogens (tertiary/aromatic N) is 1. The van der Waals surface area contributed by atoms with E-state index in [0.29, 0.717) is 19.1 Å². The highest BCUT2D eigenvalue weighted by atomic mass is 16.5. The second-order valence-electron chi connectivity index (χ2n) is 5.15. The van der Waals surface area contributed by atoms with Crippen LogP contribution in [0.2, 0.25) is 0 Å². The Morgan fingerprint density at radius 1 is 1.32 bits per heavy atom. The maximum absolute atomic E-state index is 9.58. The summed E-state index contributed by atoms with van der Waals surface area (Å²) in [4.78, 5) is 0. The Morgan fingerprint density at radius 3 is 2.53 bits per heavy atom. The first kappa shape index (κ1) is 15.7. The van der Waals surface area contributed by atoms with Gasteiger partial charge in [-0.25, -0.2) is 0 Å². The van der Waals surface area contributed by atoms with Crippen LogP contribution in [0.15, 0.2) is 30.3 Å². The predicted octanol–water partition coefficient (Wildman–Crippen LogP) is 3.08. The molecule has 1 rings (SSSR count). The minimum atomic E-state index is -0.743. The maximum Gasteiger partial charge on any atom is 0.155 e. The monoisotopic (exact) mass is 260 g/mol. The van der Waals surface area contributed by atoms with Gasteiger partial charge < -0.3 is 4.74 Å². The molecule has 0 fully saturated rings. The molecule has 0 aromatic heterocycles. The quantitative estimate of drug-likeness (QED) is 0.731. The molecule has 1 aromatic rings. The van der Waals surface area contributed by atoms with E-state index < -0.39 is 5.54 Å². The highest BCUT2D eigenvalue weighted by Gasteiger charge is 2.31. The van der Waals surface area contributed by atoms with E-state index in [-0.39, 0.29) is 0 Å². The molecule has 3 nitrogen and oxygen atoms in total. The third-order valence-corrected chi connectivity index (χ3v) is 3.09. The normalized spacial score (nSPS) is 14.1. The first-order chi connectivity index (χ1) is 9.14.